The molecular weight excluding hydrogens is 1800 g/mol. The zero-order chi connectivity index (χ0) is 89.1. The van der Waals surface area contributed by atoms with Crippen molar-refractivity contribution in [3.05, 3.63) is 419 Å². The number of hydrogen-bond acceptors (Lipinski definition) is 17. The van der Waals surface area contributed by atoms with Crippen LogP contribution in [0.15, 0.2) is 437 Å². The summed E-state index contributed by atoms with van der Waals surface area (Å²) in [6, 6.07) is 124. The van der Waals surface area contributed by atoms with Crippen LogP contribution in [0.1, 0.15) is 0 Å². The fraction of sp³-hybridized carbons (Fsp3) is 0. The van der Waals surface area contributed by atoms with Crippen molar-refractivity contribution in [3.63, 3.8) is 0 Å². The van der Waals surface area contributed by atoms with Gasteiger partial charge in [-0.2, -0.15) is 14.5 Å². The molecule has 0 amide bonds. The molecule has 8 heterocycles. The minimum Gasteiger partial charge on any atom is -0.872 e. The van der Waals surface area contributed by atoms with Crippen molar-refractivity contribution < 1.29 is 117 Å². The van der Waals surface area contributed by atoms with Crippen molar-refractivity contribution in [1.29, 1.82) is 0 Å². The summed E-state index contributed by atoms with van der Waals surface area (Å²) in [5.74, 6) is 3.59. The van der Waals surface area contributed by atoms with Crippen molar-refractivity contribution in [3.8, 4) is 131 Å². The Hall–Kier alpha value is -16.4. The SMILES string of the molecule is Oc1ccccc1-c1ccccn1.Oc1ccccc1-c1nc2ccccc2o1.Oc1ccccc1-c1nc2ccccc2o1.Oc1ccccc1-c1nc2ccccc2s1.[Be+2].[Be+2].[O-]c1cccc2ccc3ccc[nH+]c3c12.[O-]c1ccccc1-c1[nH+]c2ccccc2n1-c1ccccc1.[O-]c1ccccc1-c1[nH+]c2ccccc2o1.[O-]c1ccccc1-c1[nH+]c2ccccc2o1.[Zn].[Zn]. The average molecular weight is 1870 g/mol. The van der Waals surface area contributed by atoms with Crippen LogP contribution < -0.4 is 40.4 Å². The van der Waals surface area contributed by atoms with E-state index in [1.54, 1.807) is 121 Å². The molecule has 24 rings (SSSR count). The Bertz CT molecular complexity index is 7190. The number of aromatic hydroxyl groups is 4. The van der Waals surface area contributed by atoms with E-state index >= 15 is 0 Å². The van der Waals surface area contributed by atoms with Gasteiger partial charge in [-0.3, -0.25) is 4.98 Å². The van der Waals surface area contributed by atoms with Crippen molar-refractivity contribution in [1.82, 2.24) is 24.5 Å². The number of benzene rings is 16. The van der Waals surface area contributed by atoms with E-state index in [1.807, 2.05) is 291 Å². The van der Waals surface area contributed by atoms with Crippen molar-refractivity contribution in [2.24, 2.45) is 0 Å². The molecule has 0 saturated heterocycles. The molecule has 0 radical (unpaired) electrons. The predicted octanol–water partition coefficient (Wildman–Crippen LogP) is 20.8. The number of para-hydroxylation sites is 19. The van der Waals surface area contributed by atoms with Crippen molar-refractivity contribution in [2.75, 3.05) is 0 Å². The van der Waals surface area contributed by atoms with E-state index in [0.29, 0.717) is 51.4 Å². The van der Waals surface area contributed by atoms with Gasteiger partial charge in [-0.15, -0.1) is 11.3 Å². The monoisotopic (exact) mass is 1870 g/mol. The predicted molar refractivity (Wildman–Crippen MR) is 509 cm³/mol. The van der Waals surface area contributed by atoms with Gasteiger partial charge in [0.2, 0.25) is 39.5 Å². The van der Waals surface area contributed by atoms with Gasteiger partial charge in [-0.1, -0.05) is 247 Å². The second-order valence-corrected chi connectivity index (χ2v) is 30.1. The average Bonchev–Trinajstić information content (AvgIpc) is 1.64. The molecule has 0 saturated carbocycles. The first-order chi connectivity index (χ1) is 63.8. The molecule has 0 unspecified atom stereocenters. The van der Waals surface area contributed by atoms with Crippen molar-refractivity contribution in [2.45, 2.75) is 0 Å². The normalized spacial score (nSPS) is 10.4. The number of imidazole rings is 1. The number of H-pyrrole nitrogens is 4. The van der Waals surface area contributed by atoms with Crippen LogP contribution in [0.4, 0.5) is 0 Å². The van der Waals surface area contributed by atoms with Gasteiger partial charge in [0.1, 0.15) is 44.7 Å². The summed E-state index contributed by atoms with van der Waals surface area (Å²) < 4.78 is 25.5. The molecule has 0 spiro atoms. The number of hydrogen-bond donors (Lipinski definition) is 4. The number of nitrogens with one attached hydrogen (secondary N) is 4. The zero-order valence-electron chi connectivity index (χ0n) is 71.9. The Morgan fingerprint density at radius 1 is 0.306 bits per heavy atom. The zero-order valence-corrected chi connectivity index (χ0v) is 78.6. The molecule has 134 heavy (non-hydrogen) atoms. The molecule has 0 bridgehead atoms. The number of pyridine rings is 2. The summed E-state index contributed by atoms with van der Waals surface area (Å²) in [6.45, 7) is 0. The summed E-state index contributed by atoms with van der Waals surface area (Å²) in [5.41, 5.74) is 16.6. The molecule has 26 heteroatoms. The number of nitrogens with zero attached hydrogens (tertiary/aromatic N) is 5. The Labute approximate surface area is 804 Å². The number of fused-ring (bicyclic) bond motifs is 9. The van der Waals surface area contributed by atoms with E-state index in [1.165, 1.54) is 12.1 Å². The molecular formula is C108H77Be2N9O12SZn2+4. The molecule has 0 aliphatic carbocycles. The number of phenolic OH excluding ortho intramolecular Hbond substituents is 4. The van der Waals surface area contributed by atoms with Crippen LogP contribution in [0, 0.1) is 0 Å². The van der Waals surface area contributed by atoms with Gasteiger partial charge in [0, 0.05) is 79.7 Å². The smallest absolute Gasteiger partial charge is 0.872 e. The topological polar surface area (TPSA) is 339 Å². The maximum Gasteiger partial charge on any atom is 2.00 e. The number of oxazole rings is 4. The summed E-state index contributed by atoms with van der Waals surface area (Å²) in [6.07, 6.45) is 3.55. The second kappa shape index (κ2) is 45.2. The Morgan fingerprint density at radius 2 is 0.716 bits per heavy atom. The third-order valence-corrected chi connectivity index (χ3v) is 21.6. The minimum absolute atomic E-state index is 0. The molecule has 0 aliphatic rings. The van der Waals surface area contributed by atoms with Gasteiger partial charge in [-0.05, 0) is 169 Å². The van der Waals surface area contributed by atoms with Gasteiger partial charge in [0.05, 0.1) is 49.3 Å². The quantitative estimate of drug-likeness (QED) is 0.0811. The summed E-state index contributed by atoms with van der Waals surface area (Å²) >= 11 is 1.59. The molecule has 636 valence electrons. The third-order valence-electron chi connectivity index (χ3n) is 20.5. The van der Waals surface area contributed by atoms with E-state index < -0.39 is 0 Å². The van der Waals surface area contributed by atoms with E-state index in [-0.39, 0.29) is 105 Å². The van der Waals surface area contributed by atoms with Crippen LogP contribution in [-0.2, 0) is 39.0 Å². The Morgan fingerprint density at radius 3 is 1.22 bits per heavy atom. The fourth-order valence-corrected chi connectivity index (χ4v) is 15.2. The van der Waals surface area contributed by atoms with E-state index in [9.17, 15) is 40.9 Å². The van der Waals surface area contributed by atoms with Gasteiger partial charge >= 0.3 is 32.0 Å². The first-order valence-corrected chi connectivity index (χ1v) is 41.9. The standard InChI is InChI=1S/C19H14N2O.4C13H9NO2.C13H9NOS.C13H9NO.C11H9NO.2Be.2Zn/c22-18-13-7-4-10-15(18)19-20-16-11-5-6-12-17(16)21(19)14-8-2-1-3-9-14;5*15-11-7-3-1-5-9(11)13-14-10-6-2-4-8-12(10)16-13;15-11-5-1-3-9-6-7-10-4-2-8-14-13(10)12(9)11;13-11-7-2-1-5-9(11)10-6-3-4-8-12-10;;;;/h1-13,22H;5*1-8,15H;1-8,15H;1-8,13H;;;;/q;;;;;;;;2*+2;;. The second-order valence-electron chi connectivity index (χ2n) is 29.1. The molecule has 16 aromatic carbocycles. The number of thiazole rings is 1. The van der Waals surface area contributed by atoms with Crippen LogP contribution in [0.3, 0.4) is 0 Å². The largest absolute Gasteiger partial charge is 2.00 e. The third kappa shape index (κ3) is 22.3. The molecule has 8 aromatic heterocycles. The van der Waals surface area contributed by atoms with Crippen molar-refractivity contribution >= 4 is 119 Å². The van der Waals surface area contributed by atoms with Gasteiger partial charge in [0.25, 0.3) is 5.82 Å². The first-order valence-electron chi connectivity index (χ1n) is 41.1. The maximum atomic E-state index is 12.2. The Kier molecular flexibility index (Phi) is 32.1. The summed E-state index contributed by atoms with van der Waals surface area (Å²) in [5, 5.41) is 89.6. The number of rotatable bonds is 8. The van der Waals surface area contributed by atoms with E-state index in [0.717, 1.165) is 121 Å². The Balaban J connectivity index is 0.000000130. The summed E-state index contributed by atoms with van der Waals surface area (Å²) in [7, 11) is 0. The maximum absolute atomic E-state index is 12.2. The summed E-state index contributed by atoms with van der Waals surface area (Å²) in [4.78, 5) is 30.0. The number of aromatic amines is 4. The molecule has 0 fully saturated rings. The van der Waals surface area contributed by atoms with Crippen LogP contribution in [0.25, 0.3) is 172 Å². The van der Waals surface area contributed by atoms with Gasteiger partial charge in [-0.25, -0.2) is 24.9 Å². The van der Waals surface area contributed by atoms with Gasteiger partial charge in [0.15, 0.2) is 28.4 Å². The van der Waals surface area contributed by atoms with Crippen LogP contribution in [0.5, 0.6) is 46.0 Å². The fourth-order valence-electron chi connectivity index (χ4n) is 14.2. The molecule has 24 aromatic rings. The minimum atomic E-state index is -0.0437. The van der Waals surface area contributed by atoms with Crippen LogP contribution in [0.2, 0.25) is 0 Å². The van der Waals surface area contributed by atoms with E-state index in [4.69, 9.17) is 17.7 Å². The number of aromatic nitrogens is 9. The van der Waals surface area contributed by atoms with E-state index in [2.05, 4.69) is 50.5 Å². The van der Waals surface area contributed by atoms with Gasteiger partial charge < -0.3 is 58.5 Å². The molecule has 21 nitrogen and oxygen atoms in total. The van der Waals surface area contributed by atoms with Crippen LogP contribution >= 0.6 is 11.3 Å². The first kappa shape index (κ1) is 95.2. The van der Waals surface area contributed by atoms with Crippen LogP contribution in [-0.4, -0.2) is 65.2 Å². The molecule has 8 N–H and O–H groups in total. The number of phenols is 4. The molecule has 0 aliphatic heterocycles. The molecule has 0 atom stereocenters.